The summed E-state index contributed by atoms with van der Waals surface area (Å²) in [7, 11) is 1.77. The smallest absolute Gasteiger partial charge is 0.145 e. The average Bonchev–Trinajstić information content (AvgIpc) is 2.86. The molecule has 5 heteroatoms. The van der Waals surface area contributed by atoms with Crippen molar-refractivity contribution < 1.29 is 17.9 Å². The third-order valence-electron chi connectivity index (χ3n) is 7.59. The zero-order valence-electron chi connectivity index (χ0n) is 20.4. The molecule has 0 radical (unpaired) electrons. The average molecular weight is 503 g/mol. The van der Waals surface area contributed by atoms with Crippen LogP contribution in [0.1, 0.15) is 61.6 Å². The van der Waals surface area contributed by atoms with E-state index < -0.39 is 16.7 Å². The van der Waals surface area contributed by atoms with Gasteiger partial charge in [0.05, 0.1) is 0 Å². The molecule has 3 aromatic carbocycles. The maximum absolute atomic E-state index is 15.2. The van der Waals surface area contributed by atoms with Gasteiger partial charge in [-0.15, -0.1) is 0 Å². The Labute approximate surface area is 211 Å². The molecule has 0 aliphatic heterocycles. The van der Waals surface area contributed by atoms with Gasteiger partial charge in [-0.2, -0.15) is 0 Å². The lowest BCUT2D eigenvalue weighted by Crippen LogP contribution is -2.15. The van der Waals surface area contributed by atoms with Gasteiger partial charge in [-0.1, -0.05) is 67.6 Å². The fourth-order valence-electron chi connectivity index (χ4n) is 5.46. The summed E-state index contributed by atoms with van der Waals surface area (Å²) in [6.45, 7) is 0.867. The normalized spacial score (nSPS) is 18.3. The topological polar surface area (TPSA) is 9.23 Å². The van der Waals surface area contributed by atoms with Gasteiger partial charge in [-0.05, 0) is 84.6 Å². The van der Waals surface area contributed by atoms with Gasteiger partial charge in [0.2, 0.25) is 0 Å². The number of hydrogen-bond acceptors (Lipinski definition) is 1. The monoisotopic (exact) mass is 502 g/mol. The summed E-state index contributed by atoms with van der Waals surface area (Å²) in [5, 5.41) is 0.984. The third-order valence-corrected chi connectivity index (χ3v) is 7.95. The number of aryl methyl sites for hydroxylation is 3. The molecule has 0 atom stereocenters. The summed E-state index contributed by atoms with van der Waals surface area (Å²) in [6.07, 6.45) is 10.6. The Morgan fingerprint density at radius 2 is 1.49 bits per heavy atom. The van der Waals surface area contributed by atoms with Crippen LogP contribution in [0.4, 0.5) is 13.2 Å². The molecule has 0 saturated heterocycles. The van der Waals surface area contributed by atoms with Gasteiger partial charge >= 0.3 is 0 Å². The molecule has 188 valence electrons. The van der Waals surface area contributed by atoms with E-state index in [-0.39, 0.29) is 5.82 Å². The Morgan fingerprint density at radius 3 is 2.17 bits per heavy atom. The van der Waals surface area contributed by atoms with Crippen molar-refractivity contribution in [1.82, 2.24) is 0 Å². The van der Waals surface area contributed by atoms with E-state index in [0.717, 1.165) is 30.2 Å². The number of methoxy groups -OCH3 is 1. The first kappa shape index (κ1) is 26.0. The highest BCUT2D eigenvalue weighted by atomic mass is 35.5. The molecule has 4 rings (SSSR count). The zero-order valence-corrected chi connectivity index (χ0v) is 21.2. The molecule has 3 aromatic rings. The quantitative estimate of drug-likeness (QED) is 0.199. The molecule has 0 spiro atoms. The summed E-state index contributed by atoms with van der Waals surface area (Å²) in [4.78, 5) is 0. The van der Waals surface area contributed by atoms with Crippen molar-refractivity contribution >= 4 is 22.4 Å². The number of halogens is 4. The Hall–Kier alpha value is -2.04. The predicted molar refractivity (Wildman–Crippen MR) is 138 cm³/mol. The molecule has 0 unspecified atom stereocenters. The summed E-state index contributed by atoms with van der Waals surface area (Å²) >= 11 is 5.55. The van der Waals surface area contributed by atoms with Crippen molar-refractivity contribution in [2.45, 2.75) is 64.2 Å². The van der Waals surface area contributed by atoms with E-state index in [0.29, 0.717) is 29.4 Å². The molecule has 0 aromatic heterocycles. The highest BCUT2D eigenvalue weighted by Crippen LogP contribution is 2.34. The fraction of sp³-hybridized carbons (Fsp3) is 0.467. The van der Waals surface area contributed by atoms with Crippen molar-refractivity contribution in [3.63, 3.8) is 0 Å². The minimum Gasteiger partial charge on any atom is -0.385 e. The van der Waals surface area contributed by atoms with Crippen molar-refractivity contribution in [1.29, 1.82) is 0 Å². The molecular weight excluding hydrogens is 469 g/mol. The van der Waals surface area contributed by atoms with Gasteiger partial charge in [-0.3, -0.25) is 0 Å². The van der Waals surface area contributed by atoms with E-state index in [1.165, 1.54) is 62.6 Å². The molecule has 1 saturated carbocycles. The third kappa shape index (κ3) is 6.80. The number of benzene rings is 3. The Balaban J connectivity index is 1.32. The summed E-state index contributed by atoms with van der Waals surface area (Å²) in [5.41, 5.74) is 2.26. The molecule has 35 heavy (non-hydrogen) atoms. The number of rotatable bonds is 10. The van der Waals surface area contributed by atoms with Crippen LogP contribution in [0.15, 0.2) is 42.5 Å². The standard InChI is InChI=1S/C30H34ClF3O/c1-35-16-2-3-20-4-6-21(7-5-20)8-9-22-11-15-26-25(17-22)14-13-24(30(26)34)12-10-23-18-27(32)29(31)28(33)19-23/h11,13-15,17-21H,2-10,12,16H2,1H3. The Morgan fingerprint density at radius 1 is 0.800 bits per heavy atom. The van der Waals surface area contributed by atoms with Gasteiger partial charge in [0.15, 0.2) is 0 Å². The van der Waals surface area contributed by atoms with Crippen LogP contribution in [0.5, 0.6) is 0 Å². The predicted octanol–water partition coefficient (Wildman–Crippen LogP) is 8.86. The minimum absolute atomic E-state index is 0.254. The second-order valence-corrected chi connectivity index (χ2v) is 10.4. The van der Waals surface area contributed by atoms with E-state index in [9.17, 15) is 8.78 Å². The second kappa shape index (κ2) is 12.3. The molecule has 1 fully saturated rings. The number of ether oxygens (including phenoxy) is 1. The maximum Gasteiger partial charge on any atom is 0.145 e. The van der Waals surface area contributed by atoms with E-state index in [1.54, 1.807) is 13.2 Å². The van der Waals surface area contributed by atoms with Crippen LogP contribution in [0.25, 0.3) is 10.8 Å². The van der Waals surface area contributed by atoms with Crippen molar-refractivity contribution in [2.24, 2.45) is 11.8 Å². The van der Waals surface area contributed by atoms with Crippen LogP contribution in [-0.2, 0) is 24.0 Å². The van der Waals surface area contributed by atoms with Crippen LogP contribution in [0.3, 0.4) is 0 Å². The molecule has 1 aliphatic rings. The molecule has 0 N–H and O–H groups in total. The Bertz CT molecular complexity index is 1110. The van der Waals surface area contributed by atoms with Crippen LogP contribution in [0.2, 0.25) is 5.02 Å². The number of hydrogen-bond donors (Lipinski definition) is 0. The first-order valence-corrected chi connectivity index (χ1v) is 13.1. The molecule has 1 aliphatic carbocycles. The fourth-order valence-corrected chi connectivity index (χ4v) is 5.57. The SMILES string of the molecule is COCCCC1CCC(CCc2ccc3c(F)c(CCc4cc(F)c(Cl)c(F)c4)ccc3c2)CC1. The minimum atomic E-state index is -0.789. The van der Waals surface area contributed by atoms with Gasteiger partial charge in [0.1, 0.15) is 22.5 Å². The van der Waals surface area contributed by atoms with E-state index in [4.69, 9.17) is 16.3 Å². The van der Waals surface area contributed by atoms with Gasteiger partial charge in [0.25, 0.3) is 0 Å². The van der Waals surface area contributed by atoms with Crippen molar-refractivity contribution in [2.75, 3.05) is 13.7 Å². The zero-order chi connectivity index (χ0) is 24.8. The summed E-state index contributed by atoms with van der Waals surface area (Å²) in [5.74, 6) is -0.189. The lowest BCUT2D eigenvalue weighted by Gasteiger charge is -2.28. The molecule has 0 amide bonds. The first-order valence-electron chi connectivity index (χ1n) is 12.8. The molecule has 0 heterocycles. The summed E-state index contributed by atoms with van der Waals surface area (Å²) in [6, 6.07) is 12.2. The Kier molecular flexibility index (Phi) is 9.13. The van der Waals surface area contributed by atoms with Gasteiger partial charge < -0.3 is 4.74 Å². The number of fused-ring (bicyclic) bond motifs is 1. The van der Waals surface area contributed by atoms with Crippen molar-refractivity contribution in [3.8, 4) is 0 Å². The lowest BCUT2D eigenvalue weighted by atomic mass is 9.78. The highest BCUT2D eigenvalue weighted by Gasteiger charge is 2.21. The van der Waals surface area contributed by atoms with Crippen LogP contribution < -0.4 is 0 Å². The molecule has 1 nitrogen and oxygen atoms in total. The summed E-state index contributed by atoms with van der Waals surface area (Å²) < 4.78 is 47.7. The van der Waals surface area contributed by atoms with E-state index >= 15 is 4.39 Å². The van der Waals surface area contributed by atoms with E-state index in [2.05, 4.69) is 6.07 Å². The van der Waals surface area contributed by atoms with Crippen molar-refractivity contribution in [3.05, 3.63) is 81.6 Å². The maximum atomic E-state index is 15.2. The lowest BCUT2D eigenvalue weighted by molar-refractivity contribution is 0.175. The molecule has 0 bridgehead atoms. The second-order valence-electron chi connectivity index (χ2n) is 10.0. The van der Waals surface area contributed by atoms with Gasteiger partial charge in [0, 0.05) is 19.1 Å². The first-order chi connectivity index (χ1) is 16.9. The highest BCUT2D eigenvalue weighted by molar-refractivity contribution is 6.30. The van der Waals surface area contributed by atoms with Gasteiger partial charge in [-0.25, -0.2) is 13.2 Å². The van der Waals surface area contributed by atoms with Crippen LogP contribution in [-0.4, -0.2) is 13.7 Å². The largest absolute Gasteiger partial charge is 0.385 e. The van der Waals surface area contributed by atoms with Crippen LogP contribution in [0, 0.1) is 29.3 Å². The van der Waals surface area contributed by atoms with E-state index in [1.807, 2.05) is 18.2 Å². The molecular formula is C30H34ClF3O. The van der Waals surface area contributed by atoms with Crippen LogP contribution >= 0.6 is 11.6 Å².